The molecule has 2 amide bonds. The fourth-order valence-corrected chi connectivity index (χ4v) is 3.31. The Morgan fingerprint density at radius 2 is 1.96 bits per heavy atom. The van der Waals surface area contributed by atoms with Gasteiger partial charge in [0.1, 0.15) is 6.04 Å². The normalized spacial score (nSPS) is 25.9. The van der Waals surface area contributed by atoms with Crippen molar-refractivity contribution in [2.24, 2.45) is 5.92 Å². The van der Waals surface area contributed by atoms with E-state index < -0.39 is 0 Å². The molecule has 3 heterocycles. The minimum atomic E-state index is -0.304. The van der Waals surface area contributed by atoms with Crippen molar-refractivity contribution in [3.63, 3.8) is 0 Å². The second-order valence-electron chi connectivity index (χ2n) is 7.16. The van der Waals surface area contributed by atoms with Crippen LogP contribution >= 0.6 is 0 Å². The van der Waals surface area contributed by atoms with Gasteiger partial charge in [-0.15, -0.1) is 0 Å². The van der Waals surface area contributed by atoms with Crippen molar-refractivity contribution in [3.05, 3.63) is 11.7 Å². The first-order valence-electron chi connectivity index (χ1n) is 9.14. The molecule has 0 saturated carbocycles. The fourth-order valence-electron chi connectivity index (χ4n) is 3.31. The minimum absolute atomic E-state index is 0.0308. The summed E-state index contributed by atoms with van der Waals surface area (Å²) < 4.78 is 16.4. The van der Waals surface area contributed by atoms with Crippen LogP contribution in [0.4, 0.5) is 4.79 Å². The highest BCUT2D eigenvalue weighted by molar-refractivity contribution is 5.74. The third-order valence-electron chi connectivity index (χ3n) is 4.96. The van der Waals surface area contributed by atoms with Gasteiger partial charge in [-0.3, -0.25) is 0 Å². The minimum Gasteiger partial charge on any atom is -0.381 e. The van der Waals surface area contributed by atoms with Crippen LogP contribution in [0, 0.1) is 5.92 Å². The lowest BCUT2D eigenvalue weighted by molar-refractivity contribution is 0.0501. The summed E-state index contributed by atoms with van der Waals surface area (Å²) in [5.74, 6) is 1.53. The number of carbonyl (C=O) groups excluding carboxylic acids is 1. The number of hydrogen-bond donors (Lipinski definition) is 2. The van der Waals surface area contributed by atoms with Crippen LogP contribution in [0.5, 0.6) is 0 Å². The number of rotatable bonds is 5. The van der Waals surface area contributed by atoms with Crippen LogP contribution in [-0.2, 0) is 9.47 Å². The van der Waals surface area contributed by atoms with Gasteiger partial charge < -0.3 is 24.6 Å². The second-order valence-corrected chi connectivity index (χ2v) is 7.16. The number of nitrogens with zero attached hydrogens (tertiary/aromatic N) is 2. The van der Waals surface area contributed by atoms with Crippen molar-refractivity contribution in [1.29, 1.82) is 0 Å². The summed E-state index contributed by atoms with van der Waals surface area (Å²) in [4.78, 5) is 17.0. The zero-order chi connectivity index (χ0) is 17.8. The molecule has 8 heteroatoms. The summed E-state index contributed by atoms with van der Waals surface area (Å²) in [6.45, 7) is 8.05. The van der Waals surface area contributed by atoms with Gasteiger partial charge >= 0.3 is 6.03 Å². The van der Waals surface area contributed by atoms with E-state index in [2.05, 4.69) is 20.8 Å². The lowest BCUT2D eigenvalue weighted by atomic mass is 9.91. The molecule has 0 unspecified atom stereocenters. The molecule has 2 aliphatic heterocycles. The zero-order valence-corrected chi connectivity index (χ0v) is 15.2. The first-order valence-corrected chi connectivity index (χ1v) is 9.14. The maximum atomic E-state index is 12.5. The molecule has 2 N–H and O–H groups in total. The number of urea groups is 1. The molecule has 8 nitrogen and oxygen atoms in total. The quantitative estimate of drug-likeness (QED) is 0.842. The molecular formula is C17H28N4O4. The lowest BCUT2D eigenvalue weighted by Gasteiger charge is -2.29. The molecule has 140 valence electrons. The van der Waals surface area contributed by atoms with Crippen molar-refractivity contribution in [3.8, 4) is 0 Å². The van der Waals surface area contributed by atoms with E-state index >= 15 is 0 Å². The molecule has 0 spiro atoms. The Balaban J connectivity index is 1.70. The standard InChI is InChI=1S/C17H28N4O4/c1-10(2)15-20-16(25-21-15)14(12-4-7-23-8-5-12)19-17(22)18-13-6-9-24-11(13)3/h10-14H,4-9H2,1-3H3,(H2,18,19,22)/t11-,13+,14-/m1/s1. The van der Waals surface area contributed by atoms with E-state index in [1.807, 2.05) is 20.8 Å². The van der Waals surface area contributed by atoms with E-state index in [1.165, 1.54) is 0 Å². The molecule has 0 bridgehead atoms. The van der Waals surface area contributed by atoms with Crippen LogP contribution < -0.4 is 10.6 Å². The second kappa shape index (κ2) is 8.14. The number of nitrogens with one attached hydrogen (secondary N) is 2. The summed E-state index contributed by atoms with van der Waals surface area (Å²) in [7, 11) is 0. The van der Waals surface area contributed by atoms with E-state index in [4.69, 9.17) is 14.0 Å². The lowest BCUT2D eigenvalue weighted by Crippen LogP contribution is -2.47. The molecule has 0 aliphatic carbocycles. The van der Waals surface area contributed by atoms with E-state index in [-0.39, 0.29) is 36.1 Å². The van der Waals surface area contributed by atoms with Gasteiger partial charge in [0.05, 0.1) is 12.1 Å². The average molecular weight is 352 g/mol. The molecule has 3 atom stereocenters. The molecule has 2 aliphatic rings. The van der Waals surface area contributed by atoms with Crippen LogP contribution in [0.3, 0.4) is 0 Å². The molecular weight excluding hydrogens is 324 g/mol. The SMILES string of the molecule is CC(C)c1noc([C@H](NC(=O)N[C@H]2CCO[C@@H]2C)C2CCOCC2)n1. The van der Waals surface area contributed by atoms with Crippen molar-refractivity contribution in [2.75, 3.05) is 19.8 Å². The van der Waals surface area contributed by atoms with Gasteiger partial charge in [0.2, 0.25) is 5.89 Å². The van der Waals surface area contributed by atoms with Gasteiger partial charge in [0.15, 0.2) is 5.82 Å². The first kappa shape index (κ1) is 18.1. The Kier molecular flexibility index (Phi) is 5.90. The van der Waals surface area contributed by atoms with Gasteiger partial charge in [-0.1, -0.05) is 19.0 Å². The number of amides is 2. The Morgan fingerprint density at radius 1 is 1.20 bits per heavy atom. The van der Waals surface area contributed by atoms with Crippen LogP contribution in [0.25, 0.3) is 0 Å². The van der Waals surface area contributed by atoms with Crippen molar-refractivity contribution >= 4 is 6.03 Å². The molecule has 2 saturated heterocycles. The molecule has 2 fully saturated rings. The number of ether oxygens (including phenoxy) is 2. The predicted octanol–water partition coefficient (Wildman–Crippen LogP) is 2.14. The van der Waals surface area contributed by atoms with E-state index in [0.29, 0.717) is 31.5 Å². The highest BCUT2D eigenvalue weighted by atomic mass is 16.5. The highest BCUT2D eigenvalue weighted by Crippen LogP contribution is 2.30. The Hall–Kier alpha value is -1.67. The topological polar surface area (TPSA) is 98.5 Å². The summed E-state index contributed by atoms with van der Waals surface area (Å²) in [6.07, 6.45) is 2.57. The smallest absolute Gasteiger partial charge is 0.315 e. The van der Waals surface area contributed by atoms with Gasteiger partial charge in [0.25, 0.3) is 0 Å². The fraction of sp³-hybridized carbons (Fsp3) is 0.824. The monoisotopic (exact) mass is 352 g/mol. The van der Waals surface area contributed by atoms with E-state index in [0.717, 1.165) is 19.3 Å². The third kappa shape index (κ3) is 4.49. The van der Waals surface area contributed by atoms with Crippen molar-refractivity contribution < 1.29 is 18.8 Å². The van der Waals surface area contributed by atoms with E-state index in [1.54, 1.807) is 0 Å². The van der Waals surface area contributed by atoms with Gasteiger partial charge in [-0.25, -0.2) is 4.79 Å². The molecule has 0 radical (unpaired) electrons. The van der Waals surface area contributed by atoms with Crippen LogP contribution in [-0.4, -0.2) is 48.1 Å². The molecule has 25 heavy (non-hydrogen) atoms. The van der Waals surface area contributed by atoms with Crippen LogP contribution in [0.15, 0.2) is 4.52 Å². The maximum Gasteiger partial charge on any atom is 0.315 e. The first-order chi connectivity index (χ1) is 12.0. The Labute approximate surface area is 148 Å². The summed E-state index contributed by atoms with van der Waals surface area (Å²) in [5.41, 5.74) is 0. The summed E-state index contributed by atoms with van der Waals surface area (Å²) in [6, 6.07) is -0.492. The largest absolute Gasteiger partial charge is 0.381 e. The van der Waals surface area contributed by atoms with E-state index in [9.17, 15) is 4.79 Å². The van der Waals surface area contributed by atoms with Gasteiger partial charge in [0, 0.05) is 25.7 Å². The summed E-state index contributed by atoms with van der Waals surface area (Å²) in [5, 5.41) is 10.1. The van der Waals surface area contributed by atoms with Crippen LogP contribution in [0.2, 0.25) is 0 Å². The van der Waals surface area contributed by atoms with Crippen molar-refractivity contribution in [1.82, 2.24) is 20.8 Å². The molecule has 1 aromatic rings. The van der Waals surface area contributed by atoms with Gasteiger partial charge in [-0.05, 0) is 32.1 Å². The third-order valence-corrected chi connectivity index (χ3v) is 4.96. The zero-order valence-electron chi connectivity index (χ0n) is 15.2. The van der Waals surface area contributed by atoms with Crippen LogP contribution in [0.1, 0.15) is 63.7 Å². The number of carbonyl (C=O) groups is 1. The van der Waals surface area contributed by atoms with Gasteiger partial charge in [-0.2, -0.15) is 4.98 Å². The average Bonchev–Trinajstić information content (AvgIpc) is 3.23. The van der Waals surface area contributed by atoms with Crippen molar-refractivity contribution in [2.45, 2.75) is 64.1 Å². The molecule has 1 aromatic heterocycles. The molecule has 3 rings (SSSR count). The maximum absolute atomic E-state index is 12.5. The molecule has 0 aromatic carbocycles. The Morgan fingerprint density at radius 3 is 2.56 bits per heavy atom. The number of hydrogen-bond acceptors (Lipinski definition) is 6. The Bertz CT molecular complexity index is 571. The summed E-state index contributed by atoms with van der Waals surface area (Å²) >= 11 is 0. The highest BCUT2D eigenvalue weighted by Gasteiger charge is 2.33. The number of aromatic nitrogens is 2. The predicted molar refractivity (Wildman–Crippen MR) is 90.2 cm³/mol.